The van der Waals surface area contributed by atoms with E-state index >= 15 is 13.2 Å². The maximum Gasteiger partial charge on any atom is 0.167 e. The molecule has 1 unspecified atom stereocenters. The first-order valence-electron chi connectivity index (χ1n) is 18.3. The Morgan fingerprint density at radius 3 is 1.87 bits per heavy atom. The topological polar surface area (TPSA) is 0 Å². The molecule has 0 spiro atoms. The summed E-state index contributed by atoms with van der Waals surface area (Å²) in [5, 5.41) is 0. The van der Waals surface area contributed by atoms with Crippen molar-refractivity contribution in [3.05, 3.63) is 101 Å². The van der Waals surface area contributed by atoms with Crippen molar-refractivity contribution in [2.24, 2.45) is 17.8 Å². The highest BCUT2D eigenvalue weighted by atomic mass is 19.2. The van der Waals surface area contributed by atoms with E-state index < -0.39 is 23.3 Å². The van der Waals surface area contributed by atoms with E-state index in [0.717, 1.165) is 55.9 Å². The minimum atomic E-state index is -0.870. The number of aryl methyl sites for hydroxylation is 1. The number of unbranched alkanes of at least 4 members (excludes halogenated alkanes) is 5. The molecule has 0 bridgehead atoms. The first-order valence-corrected chi connectivity index (χ1v) is 18.3. The van der Waals surface area contributed by atoms with Crippen LogP contribution in [0.15, 0.2) is 66.8 Å². The van der Waals surface area contributed by atoms with Gasteiger partial charge >= 0.3 is 0 Å². The first-order chi connectivity index (χ1) is 22.9. The molecule has 0 N–H and O–H groups in total. The third kappa shape index (κ3) is 8.86. The summed E-state index contributed by atoms with van der Waals surface area (Å²) in [4.78, 5) is 0. The molecule has 5 rings (SSSR count). The molecule has 4 heteroatoms. The molecule has 3 aromatic carbocycles. The summed E-state index contributed by atoms with van der Waals surface area (Å²) in [6, 6.07) is 13.2. The van der Waals surface area contributed by atoms with Gasteiger partial charge in [0.2, 0.25) is 0 Å². The lowest BCUT2D eigenvalue weighted by atomic mass is 9.70. The number of benzene rings is 3. The van der Waals surface area contributed by atoms with Gasteiger partial charge in [-0.2, -0.15) is 0 Å². The molecule has 1 fully saturated rings. The highest BCUT2D eigenvalue weighted by Crippen LogP contribution is 2.43. The van der Waals surface area contributed by atoms with E-state index in [4.69, 9.17) is 0 Å². The van der Waals surface area contributed by atoms with Crippen LogP contribution < -0.4 is 0 Å². The molecular weight excluding hydrogens is 592 g/mol. The Kier molecular flexibility index (Phi) is 13.0. The van der Waals surface area contributed by atoms with Gasteiger partial charge in [0.1, 0.15) is 0 Å². The van der Waals surface area contributed by atoms with Gasteiger partial charge in [-0.15, -0.1) is 0 Å². The summed E-state index contributed by atoms with van der Waals surface area (Å²) in [6.07, 6.45) is 24.0. The summed E-state index contributed by atoms with van der Waals surface area (Å²) in [7, 11) is 0. The zero-order chi connectivity index (χ0) is 33.2. The van der Waals surface area contributed by atoms with E-state index in [-0.39, 0.29) is 11.1 Å². The smallest absolute Gasteiger partial charge is 0.167 e. The Morgan fingerprint density at radius 1 is 0.638 bits per heavy atom. The fraction of sp³-hybridized carbons (Fsp3) is 0.488. The molecule has 47 heavy (non-hydrogen) atoms. The molecule has 0 nitrogen and oxygen atoms in total. The Bertz CT molecular complexity index is 1510. The van der Waals surface area contributed by atoms with Crippen LogP contribution >= 0.6 is 0 Å². The Morgan fingerprint density at radius 2 is 1.23 bits per heavy atom. The molecule has 0 aliphatic heterocycles. The van der Waals surface area contributed by atoms with Crippen LogP contribution in [0, 0.1) is 41.0 Å². The van der Waals surface area contributed by atoms with E-state index in [9.17, 15) is 4.39 Å². The summed E-state index contributed by atoms with van der Waals surface area (Å²) in [5.74, 6) is -1.12. The number of halogens is 4. The van der Waals surface area contributed by atoms with Gasteiger partial charge in [0.05, 0.1) is 0 Å². The van der Waals surface area contributed by atoms with Gasteiger partial charge in [-0.1, -0.05) is 119 Å². The van der Waals surface area contributed by atoms with Gasteiger partial charge in [0, 0.05) is 16.7 Å². The van der Waals surface area contributed by atoms with Crippen molar-refractivity contribution < 1.29 is 17.6 Å². The number of hydrogen-bond donors (Lipinski definition) is 0. The predicted molar refractivity (Wildman–Crippen MR) is 189 cm³/mol. The van der Waals surface area contributed by atoms with Crippen LogP contribution in [0.1, 0.15) is 121 Å². The Hall–Kier alpha value is -3.14. The van der Waals surface area contributed by atoms with Gasteiger partial charge in [-0.05, 0) is 105 Å². The third-order valence-corrected chi connectivity index (χ3v) is 10.9. The molecule has 3 aromatic rings. The molecular formula is C43H52F4. The second-order valence-electron chi connectivity index (χ2n) is 14.0. The Labute approximate surface area is 280 Å². The number of hydrogen-bond acceptors (Lipinski definition) is 0. The highest BCUT2D eigenvalue weighted by Gasteiger charge is 2.29. The van der Waals surface area contributed by atoms with Crippen LogP contribution in [0.3, 0.4) is 0 Å². The molecule has 1 atom stereocenters. The molecule has 1 saturated carbocycles. The average Bonchev–Trinajstić information content (AvgIpc) is 3.10. The van der Waals surface area contributed by atoms with Gasteiger partial charge < -0.3 is 0 Å². The summed E-state index contributed by atoms with van der Waals surface area (Å²) in [6.45, 7) is 4.26. The van der Waals surface area contributed by atoms with Gasteiger partial charge in [-0.25, -0.2) is 17.6 Å². The molecule has 0 saturated heterocycles. The maximum absolute atomic E-state index is 15.5. The van der Waals surface area contributed by atoms with Crippen molar-refractivity contribution in [3.63, 3.8) is 0 Å². The lowest BCUT2D eigenvalue weighted by molar-refractivity contribution is 0.190. The molecule has 252 valence electrons. The van der Waals surface area contributed by atoms with E-state index in [1.54, 1.807) is 48.5 Å². The quantitative estimate of drug-likeness (QED) is 0.0930. The minimum absolute atomic E-state index is 0.166. The van der Waals surface area contributed by atoms with Crippen molar-refractivity contribution in [1.82, 2.24) is 0 Å². The minimum Gasteiger partial charge on any atom is -0.203 e. The summed E-state index contributed by atoms with van der Waals surface area (Å²) >= 11 is 0. The van der Waals surface area contributed by atoms with E-state index in [1.165, 1.54) is 57.8 Å². The second-order valence-corrected chi connectivity index (χ2v) is 14.0. The molecule has 2 aliphatic rings. The standard InChI is InChI=1S/C43H52F4/c1-3-5-7-8-9-11-13-36-26-27-37(41(45)40(36)44)34-22-24-35(25-23-34)39-29-28-38(42(46)43(39)47)33-20-18-32(19-21-33)31-16-14-30(15-17-31)12-10-6-4-2/h4,6,20,22-32H,3,5,7-19,21H2,1-2H3/b6-4+. The van der Waals surface area contributed by atoms with E-state index in [1.807, 2.05) is 0 Å². The lowest BCUT2D eigenvalue weighted by Gasteiger charge is -2.35. The van der Waals surface area contributed by atoms with Crippen LogP contribution in [-0.4, -0.2) is 0 Å². The van der Waals surface area contributed by atoms with Gasteiger partial charge in [0.15, 0.2) is 23.3 Å². The SMILES string of the molecule is C/C=C/CCC1CCC(C2CC=C(c3ccc(-c4ccc(-c5ccc(CCCCCCCC)c(F)c5F)cc4)c(F)c3F)CC2)CC1. The van der Waals surface area contributed by atoms with Crippen LogP contribution in [0.25, 0.3) is 27.8 Å². The second kappa shape index (κ2) is 17.3. The van der Waals surface area contributed by atoms with Crippen molar-refractivity contribution in [1.29, 1.82) is 0 Å². The van der Waals surface area contributed by atoms with Crippen molar-refractivity contribution >= 4 is 5.57 Å². The van der Waals surface area contributed by atoms with E-state index in [0.29, 0.717) is 34.6 Å². The lowest BCUT2D eigenvalue weighted by Crippen LogP contribution is -2.23. The van der Waals surface area contributed by atoms with Crippen LogP contribution in [0.5, 0.6) is 0 Å². The molecule has 2 aliphatic carbocycles. The normalized spacial score (nSPS) is 20.1. The highest BCUT2D eigenvalue weighted by molar-refractivity contribution is 5.74. The Balaban J connectivity index is 1.20. The molecule has 0 radical (unpaired) electrons. The third-order valence-electron chi connectivity index (χ3n) is 10.9. The monoisotopic (exact) mass is 644 g/mol. The molecule has 0 heterocycles. The predicted octanol–water partition coefficient (Wildman–Crippen LogP) is 13.8. The van der Waals surface area contributed by atoms with Crippen LogP contribution in [-0.2, 0) is 6.42 Å². The fourth-order valence-electron chi connectivity index (χ4n) is 7.93. The number of allylic oxidation sites excluding steroid dienone is 4. The van der Waals surface area contributed by atoms with Gasteiger partial charge in [0.25, 0.3) is 0 Å². The average molecular weight is 645 g/mol. The van der Waals surface area contributed by atoms with Crippen LogP contribution in [0.4, 0.5) is 17.6 Å². The first kappa shape index (κ1) is 35.2. The number of rotatable bonds is 14. The largest absolute Gasteiger partial charge is 0.203 e. The summed E-state index contributed by atoms with van der Waals surface area (Å²) < 4.78 is 61.0. The zero-order valence-electron chi connectivity index (χ0n) is 28.4. The van der Waals surface area contributed by atoms with Gasteiger partial charge in [-0.3, -0.25) is 0 Å². The van der Waals surface area contributed by atoms with Crippen molar-refractivity contribution in [2.45, 2.75) is 117 Å². The van der Waals surface area contributed by atoms with E-state index in [2.05, 4.69) is 32.1 Å². The van der Waals surface area contributed by atoms with Crippen molar-refractivity contribution in [3.8, 4) is 22.3 Å². The van der Waals surface area contributed by atoms with Crippen molar-refractivity contribution in [2.75, 3.05) is 0 Å². The summed E-state index contributed by atoms with van der Waals surface area (Å²) in [5.41, 5.74) is 2.98. The van der Waals surface area contributed by atoms with Crippen LogP contribution in [0.2, 0.25) is 0 Å². The zero-order valence-corrected chi connectivity index (χ0v) is 28.4. The molecule has 0 amide bonds. The fourth-order valence-corrected chi connectivity index (χ4v) is 7.93. The molecule has 0 aromatic heterocycles. The maximum atomic E-state index is 15.5.